The topological polar surface area (TPSA) is 66.9 Å². The first kappa shape index (κ1) is 17.6. The van der Waals surface area contributed by atoms with E-state index >= 15 is 0 Å². The summed E-state index contributed by atoms with van der Waals surface area (Å²) in [4.78, 5) is 14.3. The number of carbonyl (C=O) groups is 1. The van der Waals surface area contributed by atoms with E-state index in [-0.39, 0.29) is 10.8 Å². The standard InChI is InChI=1S/C18H20N2O4S/c1-19(16-5-3-2-4-6-16)18(21)15-7-9-17(10-8-15)25(22,23)20-11-13-24-14-12-20/h2-10H,11-14H2,1H3. The number of hydrogen-bond acceptors (Lipinski definition) is 4. The van der Waals surface area contributed by atoms with Crippen molar-refractivity contribution < 1.29 is 17.9 Å². The van der Waals surface area contributed by atoms with Gasteiger partial charge in [-0.25, -0.2) is 8.42 Å². The van der Waals surface area contributed by atoms with Crippen molar-refractivity contribution in [1.29, 1.82) is 0 Å². The summed E-state index contributed by atoms with van der Waals surface area (Å²) >= 11 is 0. The Balaban J connectivity index is 1.79. The van der Waals surface area contributed by atoms with E-state index in [0.29, 0.717) is 31.9 Å². The minimum Gasteiger partial charge on any atom is -0.379 e. The zero-order valence-electron chi connectivity index (χ0n) is 14.0. The van der Waals surface area contributed by atoms with E-state index in [1.165, 1.54) is 21.3 Å². The Morgan fingerprint density at radius 1 is 1.00 bits per heavy atom. The summed E-state index contributed by atoms with van der Waals surface area (Å²) in [7, 11) is -1.86. The fourth-order valence-electron chi connectivity index (χ4n) is 2.67. The largest absolute Gasteiger partial charge is 0.379 e. The van der Waals surface area contributed by atoms with Crippen LogP contribution in [0.5, 0.6) is 0 Å². The van der Waals surface area contributed by atoms with Gasteiger partial charge in [-0.1, -0.05) is 18.2 Å². The minimum atomic E-state index is -3.55. The molecule has 7 heteroatoms. The highest BCUT2D eigenvalue weighted by Gasteiger charge is 2.26. The molecule has 0 N–H and O–H groups in total. The first-order valence-corrected chi connectivity index (χ1v) is 9.45. The molecule has 132 valence electrons. The lowest BCUT2D eigenvalue weighted by atomic mass is 10.2. The number of carbonyl (C=O) groups excluding carboxylic acids is 1. The summed E-state index contributed by atoms with van der Waals surface area (Å²) in [6.07, 6.45) is 0. The monoisotopic (exact) mass is 360 g/mol. The number of nitrogens with zero attached hydrogens (tertiary/aromatic N) is 2. The molecule has 2 aromatic carbocycles. The Kier molecular flexibility index (Phi) is 5.17. The highest BCUT2D eigenvalue weighted by Crippen LogP contribution is 2.20. The third kappa shape index (κ3) is 3.73. The van der Waals surface area contributed by atoms with Crippen LogP contribution in [0.15, 0.2) is 59.5 Å². The van der Waals surface area contributed by atoms with Gasteiger partial charge in [0.05, 0.1) is 18.1 Å². The van der Waals surface area contributed by atoms with Gasteiger partial charge in [0.2, 0.25) is 10.0 Å². The van der Waals surface area contributed by atoms with Crippen LogP contribution < -0.4 is 4.90 Å². The van der Waals surface area contributed by atoms with Crippen molar-refractivity contribution in [2.75, 3.05) is 38.3 Å². The Hall–Kier alpha value is -2.22. The average Bonchev–Trinajstić information content (AvgIpc) is 2.68. The quantitative estimate of drug-likeness (QED) is 0.836. The Labute approximate surface area is 147 Å². The van der Waals surface area contributed by atoms with Gasteiger partial charge < -0.3 is 9.64 Å². The van der Waals surface area contributed by atoms with Crippen molar-refractivity contribution in [3.8, 4) is 0 Å². The number of anilines is 1. The van der Waals surface area contributed by atoms with E-state index in [1.54, 1.807) is 19.2 Å². The van der Waals surface area contributed by atoms with Gasteiger partial charge >= 0.3 is 0 Å². The molecule has 25 heavy (non-hydrogen) atoms. The zero-order valence-corrected chi connectivity index (χ0v) is 14.8. The van der Waals surface area contributed by atoms with Crippen LogP contribution in [0.25, 0.3) is 0 Å². The van der Waals surface area contributed by atoms with Crippen LogP contribution in [0, 0.1) is 0 Å². The van der Waals surface area contributed by atoms with E-state index < -0.39 is 10.0 Å². The van der Waals surface area contributed by atoms with Gasteiger partial charge in [-0.2, -0.15) is 4.31 Å². The fourth-order valence-corrected chi connectivity index (χ4v) is 4.08. The van der Waals surface area contributed by atoms with Crippen LogP contribution >= 0.6 is 0 Å². The van der Waals surface area contributed by atoms with Gasteiger partial charge in [-0.05, 0) is 36.4 Å². The summed E-state index contributed by atoms with van der Waals surface area (Å²) in [5.74, 6) is -0.193. The molecule has 0 bridgehead atoms. The first-order chi connectivity index (χ1) is 12.0. The number of amides is 1. The molecular formula is C18H20N2O4S. The molecular weight excluding hydrogens is 340 g/mol. The molecule has 0 spiro atoms. The molecule has 0 unspecified atom stereocenters. The van der Waals surface area contributed by atoms with Crippen LogP contribution in [0.1, 0.15) is 10.4 Å². The maximum Gasteiger partial charge on any atom is 0.258 e. The predicted molar refractivity (Wildman–Crippen MR) is 95.2 cm³/mol. The van der Waals surface area contributed by atoms with E-state index in [4.69, 9.17) is 4.74 Å². The molecule has 1 saturated heterocycles. The second kappa shape index (κ2) is 7.35. The molecule has 1 fully saturated rings. The van der Waals surface area contributed by atoms with Crippen LogP contribution in [0.3, 0.4) is 0 Å². The van der Waals surface area contributed by atoms with E-state index in [9.17, 15) is 13.2 Å². The summed E-state index contributed by atoms with van der Waals surface area (Å²) in [5, 5.41) is 0. The molecule has 0 aromatic heterocycles. The van der Waals surface area contributed by atoms with Crippen LogP contribution in [-0.4, -0.2) is 52.0 Å². The van der Waals surface area contributed by atoms with E-state index in [2.05, 4.69) is 0 Å². The molecule has 1 amide bonds. The van der Waals surface area contributed by atoms with Gasteiger partial charge in [-0.15, -0.1) is 0 Å². The van der Waals surface area contributed by atoms with E-state index in [1.807, 2.05) is 30.3 Å². The number of rotatable bonds is 4. The van der Waals surface area contributed by atoms with E-state index in [0.717, 1.165) is 5.69 Å². The molecule has 0 aliphatic carbocycles. The molecule has 0 atom stereocenters. The summed E-state index contributed by atoms with van der Waals surface area (Å²) in [6, 6.07) is 15.4. The fraction of sp³-hybridized carbons (Fsp3) is 0.278. The molecule has 1 aliphatic rings. The first-order valence-electron chi connectivity index (χ1n) is 8.01. The molecule has 0 saturated carbocycles. The molecule has 0 radical (unpaired) electrons. The lowest BCUT2D eigenvalue weighted by Crippen LogP contribution is -2.40. The summed E-state index contributed by atoms with van der Waals surface area (Å²) in [5.41, 5.74) is 1.21. The van der Waals surface area contributed by atoms with Gasteiger partial charge in [0.1, 0.15) is 0 Å². The lowest BCUT2D eigenvalue weighted by molar-refractivity contribution is 0.0730. The van der Waals surface area contributed by atoms with Crippen molar-refractivity contribution in [3.63, 3.8) is 0 Å². The van der Waals surface area contributed by atoms with Crippen LogP contribution in [0.4, 0.5) is 5.69 Å². The number of para-hydroxylation sites is 1. The van der Waals surface area contributed by atoms with Gasteiger partial charge in [0.25, 0.3) is 5.91 Å². The van der Waals surface area contributed by atoms with Gasteiger partial charge in [0.15, 0.2) is 0 Å². The SMILES string of the molecule is CN(C(=O)c1ccc(S(=O)(=O)N2CCOCC2)cc1)c1ccccc1. The molecule has 3 rings (SSSR count). The predicted octanol–water partition coefficient (Wildman–Crippen LogP) is 1.98. The number of hydrogen-bond donors (Lipinski definition) is 0. The van der Waals surface area contributed by atoms with Crippen molar-refractivity contribution in [2.45, 2.75) is 4.90 Å². The normalized spacial score (nSPS) is 15.7. The second-order valence-corrected chi connectivity index (χ2v) is 7.68. The lowest BCUT2D eigenvalue weighted by Gasteiger charge is -2.26. The molecule has 2 aromatic rings. The minimum absolute atomic E-state index is 0.188. The maximum atomic E-state index is 12.6. The Morgan fingerprint density at radius 3 is 2.20 bits per heavy atom. The van der Waals surface area contributed by atoms with Crippen molar-refractivity contribution in [3.05, 3.63) is 60.2 Å². The number of morpholine rings is 1. The highest BCUT2D eigenvalue weighted by molar-refractivity contribution is 7.89. The van der Waals surface area contributed by atoms with Crippen LogP contribution in [0.2, 0.25) is 0 Å². The number of benzene rings is 2. The Bertz CT molecular complexity index is 829. The molecule has 1 aliphatic heterocycles. The summed E-state index contributed by atoms with van der Waals surface area (Å²) in [6.45, 7) is 1.49. The zero-order chi connectivity index (χ0) is 17.9. The van der Waals surface area contributed by atoms with Crippen molar-refractivity contribution in [1.82, 2.24) is 4.31 Å². The molecule has 6 nitrogen and oxygen atoms in total. The number of sulfonamides is 1. The van der Waals surface area contributed by atoms with Crippen molar-refractivity contribution >= 4 is 21.6 Å². The maximum absolute atomic E-state index is 12.6. The second-order valence-electron chi connectivity index (χ2n) is 5.74. The van der Waals surface area contributed by atoms with Crippen molar-refractivity contribution in [2.24, 2.45) is 0 Å². The third-order valence-corrected chi connectivity index (χ3v) is 6.07. The van der Waals surface area contributed by atoms with Crippen LogP contribution in [-0.2, 0) is 14.8 Å². The highest BCUT2D eigenvalue weighted by atomic mass is 32.2. The Morgan fingerprint density at radius 2 is 1.60 bits per heavy atom. The number of ether oxygens (including phenoxy) is 1. The van der Waals surface area contributed by atoms with Gasteiger partial charge in [-0.3, -0.25) is 4.79 Å². The van der Waals surface area contributed by atoms with Gasteiger partial charge in [0, 0.05) is 31.4 Å². The average molecular weight is 360 g/mol. The summed E-state index contributed by atoms with van der Waals surface area (Å²) < 4.78 is 31.8. The molecule has 1 heterocycles. The smallest absolute Gasteiger partial charge is 0.258 e. The third-order valence-electron chi connectivity index (χ3n) is 4.16.